The molecule has 0 radical (unpaired) electrons. The fourth-order valence-electron chi connectivity index (χ4n) is 2.67. The maximum absolute atomic E-state index is 11.9. The van der Waals surface area contributed by atoms with Crippen molar-refractivity contribution in [3.8, 4) is 0 Å². The molecule has 0 atom stereocenters. The third-order valence-corrected chi connectivity index (χ3v) is 4.01. The minimum atomic E-state index is -0.0689. The first-order valence-electron chi connectivity index (χ1n) is 8.81. The monoisotopic (exact) mass is 365 g/mol. The normalized spacial score (nSPS) is 11.4. The molecule has 0 bridgehead atoms. The Kier molecular flexibility index (Phi) is 5.98. The van der Waals surface area contributed by atoms with Crippen LogP contribution in [-0.4, -0.2) is 40.1 Å². The van der Waals surface area contributed by atoms with Gasteiger partial charge in [-0.3, -0.25) is 14.2 Å². The number of carbonyl (C=O) groups excluding carboxylic acids is 1. The summed E-state index contributed by atoms with van der Waals surface area (Å²) in [5.41, 5.74) is 2.45. The summed E-state index contributed by atoms with van der Waals surface area (Å²) in [7, 11) is 1.71. The topological polar surface area (TPSA) is 95.7 Å². The van der Waals surface area contributed by atoms with E-state index in [0.29, 0.717) is 31.2 Å². The van der Waals surface area contributed by atoms with Crippen LogP contribution in [0.3, 0.4) is 0 Å². The van der Waals surface area contributed by atoms with Gasteiger partial charge in [-0.1, -0.05) is 18.2 Å². The van der Waals surface area contributed by atoms with Gasteiger partial charge in [0.15, 0.2) is 17.4 Å². The molecule has 3 rings (SSSR count). The first-order valence-corrected chi connectivity index (χ1v) is 8.81. The maximum Gasteiger partial charge on any atom is 0.251 e. The molecule has 0 aliphatic rings. The third-order valence-electron chi connectivity index (χ3n) is 4.01. The molecule has 140 valence electrons. The quantitative estimate of drug-likeness (QED) is 0.453. The van der Waals surface area contributed by atoms with E-state index in [0.717, 1.165) is 17.0 Å². The van der Waals surface area contributed by atoms with Crippen molar-refractivity contribution in [3.63, 3.8) is 0 Å². The number of aromatic nitrogens is 3. The Balaban J connectivity index is 1.58. The number of nitrogens with one attached hydrogen (secondary N) is 3. The summed E-state index contributed by atoms with van der Waals surface area (Å²) in [5.74, 6) is 1.37. The van der Waals surface area contributed by atoms with Crippen molar-refractivity contribution in [1.29, 1.82) is 0 Å². The second-order valence-corrected chi connectivity index (χ2v) is 5.88. The van der Waals surface area contributed by atoms with Crippen molar-refractivity contribution in [1.82, 2.24) is 30.5 Å². The van der Waals surface area contributed by atoms with Gasteiger partial charge in [-0.2, -0.15) is 0 Å². The van der Waals surface area contributed by atoms with Gasteiger partial charge in [0.1, 0.15) is 0 Å². The predicted molar refractivity (Wildman–Crippen MR) is 104 cm³/mol. The van der Waals surface area contributed by atoms with Crippen LogP contribution in [0.5, 0.6) is 0 Å². The number of aliphatic imine (C=N–C) groups is 1. The highest BCUT2D eigenvalue weighted by Crippen LogP contribution is 2.05. The Bertz CT molecular complexity index is 948. The number of pyridine rings is 1. The first kappa shape index (κ1) is 18.4. The van der Waals surface area contributed by atoms with Gasteiger partial charge in [0.25, 0.3) is 5.91 Å². The molecule has 2 aromatic heterocycles. The molecule has 0 unspecified atom stereocenters. The van der Waals surface area contributed by atoms with Crippen LogP contribution < -0.4 is 16.0 Å². The summed E-state index contributed by atoms with van der Waals surface area (Å²) in [6, 6.07) is 13.3. The number of guanidine groups is 1. The molecule has 0 aliphatic heterocycles. The van der Waals surface area contributed by atoms with Gasteiger partial charge in [0.2, 0.25) is 0 Å². The van der Waals surface area contributed by atoms with E-state index in [1.807, 2.05) is 53.9 Å². The Morgan fingerprint density at radius 3 is 2.74 bits per heavy atom. The molecule has 0 saturated heterocycles. The van der Waals surface area contributed by atoms with Gasteiger partial charge in [0, 0.05) is 31.9 Å². The number of amides is 1. The molecule has 27 heavy (non-hydrogen) atoms. The lowest BCUT2D eigenvalue weighted by atomic mass is 10.1. The predicted octanol–water partition coefficient (Wildman–Crippen LogP) is 1.34. The average molecular weight is 365 g/mol. The van der Waals surface area contributed by atoms with Gasteiger partial charge in [0.05, 0.1) is 6.54 Å². The fraction of sp³-hybridized carbons (Fsp3) is 0.263. The molecular formula is C19H23N7O. The van der Waals surface area contributed by atoms with Gasteiger partial charge >= 0.3 is 0 Å². The fourth-order valence-corrected chi connectivity index (χ4v) is 2.67. The summed E-state index contributed by atoms with van der Waals surface area (Å²) in [5, 5.41) is 17.6. The summed E-state index contributed by atoms with van der Waals surface area (Å²) < 4.78 is 1.93. The molecule has 0 fully saturated rings. The molecule has 3 N–H and O–H groups in total. The number of hydrogen-bond donors (Lipinski definition) is 3. The molecular weight excluding hydrogens is 342 g/mol. The molecule has 0 saturated carbocycles. The lowest BCUT2D eigenvalue weighted by molar-refractivity contribution is 0.0955. The van der Waals surface area contributed by atoms with Gasteiger partial charge in [-0.05, 0) is 36.8 Å². The van der Waals surface area contributed by atoms with Crippen molar-refractivity contribution in [2.45, 2.75) is 20.0 Å². The number of carbonyl (C=O) groups is 1. The van der Waals surface area contributed by atoms with Gasteiger partial charge in [-0.15, -0.1) is 10.2 Å². The Hall–Kier alpha value is -3.42. The Labute approximate surface area is 157 Å². The molecule has 1 amide bonds. The van der Waals surface area contributed by atoms with Crippen LogP contribution in [0.15, 0.2) is 53.7 Å². The second kappa shape index (κ2) is 8.79. The number of hydrogen-bond acceptors (Lipinski definition) is 4. The van der Waals surface area contributed by atoms with E-state index >= 15 is 0 Å². The highest BCUT2D eigenvalue weighted by molar-refractivity contribution is 5.94. The average Bonchev–Trinajstić information content (AvgIpc) is 3.12. The lowest BCUT2D eigenvalue weighted by Gasteiger charge is -2.12. The zero-order valence-corrected chi connectivity index (χ0v) is 15.4. The van der Waals surface area contributed by atoms with E-state index in [9.17, 15) is 4.79 Å². The van der Waals surface area contributed by atoms with E-state index < -0.39 is 0 Å². The minimum Gasteiger partial charge on any atom is -0.352 e. The van der Waals surface area contributed by atoms with Gasteiger partial charge in [-0.25, -0.2) is 0 Å². The highest BCUT2D eigenvalue weighted by Gasteiger charge is 2.07. The molecule has 2 heterocycles. The van der Waals surface area contributed by atoms with Crippen LogP contribution in [0.4, 0.5) is 0 Å². The third kappa shape index (κ3) is 4.60. The number of rotatable bonds is 6. The van der Waals surface area contributed by atoms with Crippen LogP contribution in [0.2, 0.25) is 0 Å². The van der Waals surface area contributed by atoms with Crippen LogP contribution >= 0.6 is 0 Å². The van der Waals surface area contributed by atoms with E-state index in [2.05, 4.69) is 31.1 Å². The van der Waals surface area contributed by atoms with E-state index in [-0.39, 0.29) is 5.91 Å². The Morgan fingerprint density at radius 2 is 1.93 bits per heavy atom. The van der Waals surface area contributed by atoms with Crippen LogP contribution in [0.1, 0.15) is 28.7 Å². The lowest BCUT2D eigenvalue weighted by Crippen LogP contribution is -2.36. The molecule has 3 aromatic rings. The van der Waals surface area contributed by atoms with Crippen molar-refractivity contribution < 1.29 is 4.79 Å². The van der Waals surface area contributed by atoms with Crippen molar-refractivity contribution >= 4 is 17.5 Å². The summed E-state index contributed by atoms with van der Waals surface area (Å²) in [6.45, 7) is 3.55. The number of fused-ring (bicyclic) bond motifs is 1. The molecule has 8 nitrogen and oxygen atoms in total. The van der Waals surface area contributed by atoms with Crippen molar-refractivity contribution in [3.05, 3.63) is 65.6 Å². The smallest absolute Gasteiger partial charge is 0.251 e. The summed E-state index contributed by atoms with van der Waals surface area (Å²) in [6.07, 6.45) is 1.93. The molecule has 0 spiro atoms. The van der Waals surface area contributed by atoms with Crippen LogP contribution in [0, 0.1) is 0 Å². The largest absolute Gasteiger partial charge is 0.352 e. The number of nitrogens with zero attached hydrogens (tertiary/aromatic N) is 4. The Morgan fingerprint density at radius 1 is 1.07 bits per heavy atom. The van der Waals surface area contributed by atoms with E-state index in [1.54, 1.807) is 13.1 Å². The zero-order chi connectivity index (χ0) is 19.1. The van der Waals surface area contributed by atoms with Crippen molar-refractivity contribution in [2.75, 3.05) is 13.6 Å². The minimum absolute atomic E-state index is 0.0689. The number of benzene rings is 1. The van der Waals surface area contributed by atoms with E-state index in [4.69, 9.17) is 0 Å². The molecule has 8 heteroatoms. The molecule has 1 aromatic carbocycles. The summed E-state index contributed by atoms with van der Waals surface area (Å²) >= 11 is 0. The maximum atomic E-state index is 11.9. The van der Waals surface area contributed by atoms with Crippen LogP contribution in [-0.2, 0) is 13.1 Å². The standard InChI is InChI=1S/C19H23N7O/c1-3-21-18(27)15-8-6-7-14(11-15)12-22-19(20-2)23-13-17-25-24-16-9-4-5-10-26(16)17/h4-11H,3,12-13H2,1-2H3,(H,21,27)(H2,20,22,23). The molecule has 0 aliphatic carbocycles. The van der Waals surface area contributed by atoms with E-state index in [1.165, 1.54) is 0 Å². The summed E-state index contributed by atoms with van der Waals surface area (Å²) in [4.78, 5) is 16.2. The SMILES string of the molecule is CCNC(=O)c1cccc(CNC(=NC)NCc2nnc3ccccn23)c1. The first-order chi connectivity index (χ1) is 13.2. The van der Waals surface area contributed by atoms with Crippen molar-refractivity contribution in [2.24, 2.45) is 4.99 Å². The van der Waals surface area contributed by atoms with Crippen LogP contribution in [0.25, 0.3) is 5.65 Å². The highest BCUT2D eigenvalue weighted by atomic mass is 16.1. The second-order valence-electron chi connectivity index (χ2n) is 5.88. The zero-order valence-electron chi connectivity index (χ0n) is 15.4. The van der Waals surface area contributed by atoms with Gasteiger partial charge < -0.3 is 16.0 Å².